The Morgan fingerprint density at radius 2 is 1.62 bits per heavy atom. The minimum absolute atomic E-state index is 0.0407. The molecule has 0 aliphatic carbocycles. The van der Waals surface area contributed by atoms with Gasteiger partial charge in [0.1, 0.15) is 0 Å². The van der Waals surface area contributed by atoms with Crippen LogP contribution in [0.3, 0.4) is 0 Å². The van der Waals surface area contributed by atoms with Crippen LogP contribution in [0.2, 0.25) is 0 Å². The average Bonchev–Trinajstić information content (AvgIpc) is 3.25. The highest BCUT2D eigenvalue weighted by Crippen LogP contribution is 2.29. The Labute approximate surface area is 167 Å². The predicted molar refractivity (Wildman–Crippen MR) is 104 cm³/mol. The molecule has 2 aromatic rings. The number of nitrogens with zero attached hydrogens (tertiary/aromatic N) is 2. The second kappa shape index (κ2) is 7.50. The van der Waals surface area contributed by atoms with E-state index in [9.17, 15) is 19.2 Å². The maximum Gasteiger partial charge on any atom is 0.313 e. The zero-order valence-corrected chi connectivity index (χ0v) is 16.0. The van der Waals surface area contributed by atoms with E-state index in [4.69, 9.17) is 4.74 Å². The standard InChI is InChI=1S/C22H20N2O5/c1-2-14-7-3-6-10-18(14)23-12-15(11-19(23)25)22(28)29-13-24-20(26)16-8-4-5-9-17(16)21(24)27/h3-10,15H,2,11-13H2,1H3/t15-/m0/s1. The fourth-order valence-electron chi connectivity index (χ4n) is 3.77. The van der Waals surface area contributed by atoms with E-state index in [1.165, 1.54) is 0 Å². The summed E-state index contributed by atoms with van der Waals surface area (Å²) in [5, 5.41) is 0. The molecule has 0 bridgehead atoms. The highest BCUT2D eigenvalue weighted by atomic mass is 16.5. The molecule has 2 heterocycles. The van der Waals surface area contributed by atoms with Crippen LogP contribution >= 0.6 is 0 Å². The number of fused-ring (bicyclic) bond motifs is 1. The van der Waals surface area contributed by atoms with Crippen LogP contribution in [0.5, 0.6) is 0 Å². The predicted octanol–water partition coefficient (Wildman–Crippen LogP) is 2.40. The first-order chi connectivity index (χ1) is 14.0. The maximum absolute atomic E-state index is 12.5. The lowest BCUT2D eigenvalue weighted by atomic mass is 10.1. The third-order valence-electron chi connectivity index (χ3n) is 5.34. The Hall–Kier alpha value is -3.48. The Balaban J connectivity index is 1.41. The number of anilines is 1. The molecule has 0 spiro atoms. The van der Waals surface area contributed by atoms with Crippen molar-refractivity contribution in [3.63, 3.8) is 0 Å². The first kappa shape index (κ1) is 18.9. The molecule has 0 radical (unpaired) electrons. The number of benzene rings is 2. The number of carbonyl (C=O) groups excluding carboxylic acids is 4. The second-order valence-electron chi connectivity index (χ2n) is 7.06. The molecule has 2 aromatic carbocycles. The first-order valence-electron chi connectivity index (χ1n) is 9.51. The third-order valence-corrected chi connectivity index (χ3v) is 5.34. The second-order valence-corrected chi connectivity index (χ2v) is 7.06. The molecule has 0 aromatic heterocycles. The van der Waals surface area contributed by atoms with Crippen molar-refractivity contribution in [1.29, 1.82) is 0 Å². The molecule has 4 rings (SSSR count). The van der Waals surface area contributed by atoms with Gasteiger partial charge in [-0.05, 0) is 30.2 Å². The van der Waals surface area contributed by atoms with Gasteiger partial charge in [-0.3, -0.25) is 19.2 Å². The summed E-state index contributed by atoms with van der Waals surface area (Å²) >= 11 is 0. The molecule has 29 heavy (non-hydrogen) atoms. The van der Waals surface area contributed by atoms with Crippen LogP contribution in [0.15, 0.2) is 48.5 Å². The summed E-state index contributed by atoms with van der Waals surface area (Å²) in [6.07, 6.45) is 0.813. The fraction of sp³-hybridized carbons (Fsp3) is 0.273. The fourth-order valence-corrected chi connectivity index (χ4v) is 3.77. The van der Waals surface area contributed by atoms with Crippen molar-refractivity contribution in [2.75, 3.05) is 18.2 Å². The number of para-hydroxylation sites is 1. The minimum Gasteiger partial charge on any atom is -0.443 e. The highest BCUT2D eigenvalue weighted by molar-refractivity contribution is 6.21. The van der Waals surface area contributed by atoms with E-state index in [1.54, 1.807) is 29.2 Å². The molecule has 0 saturated carbocycles. The molecule has 1 atom stereocenters. The molecule has 0 unspecified atom stereocenters. The van der Waals surface area contributed by atoms with Crippen LogP contribution in [0.1, 0.15) is 39.6 Å². The van der Waals surface area contributed by atoms with Gasteiger partial charge in [-0.25, -0.2) is 4.90 Å². The molecule has 0 N–H and O–H groups in total. The molecule has 1 saturated heterocycles. The van der Waals surface area contributed by atoms with Crippen LogP contribution in [0.4, 0.5) is 5.69 Å². The van der Waals surface area contributed by atoms with Gasteiger partial charge in [0.15, 0.2) is 6.73 Å². The number of imide groups is 1. The minimum atomic E-state index is -0.636. The maximum atomic E-state index is 12.5. The normalized spacial score (nSPS) is 18.4. The van der Waals surface area contributed by atoms with Gasteiger partial charge in [0, 0.05) is 18.7 Å². The molecule has 1 fully saturated rings. The summed E-state index contributed by atoms with van der Waals surface area (Å²) in [5.41, 5.74) is 2.43. The summed E-state index contributed by atoms with van der Waals surface area (Å²) in [6.45, 7) is 1.77. The monoisotopic (exact) mass is 392 g/mol. The number of aryl methyl sites for hydroxylation is 1. The number of hydrogen-bond acceptors (Lipinski definition) is 5. The van der Waals surface area contributed by atoms with Crippen molar-refractivity contribution in [3.8, 4) is 0 Å². The SMILES string of the molecule is CCc1ccccc1N1C[C@@H](C(=O)OCN2C(=O)c3ccccc3C2=O)CC1=O. The van der Waals surface area contributed by atoms with E-state index in [-0.39, 0.29) is 18.9 Å². The van der Waals surface area contributed by atoms with E-state index in [2.05, 4.69) is 0 Å². The van der Waals surface area contributed by atoms with E-state index < -0.39 is 30.4 Å². The van der Waals surface area contributed by atoms with Crippen molar-refractivity contribution < 1.29 is 23.9 Å². The zero-order chi connectivity index (χ0) is 20.5. The summed E-state index contributed by atoms with van der Waals surface area (Å²) < 4.78 is 5.24. The Morgan fingerprint density at radius 1 is 1.00 bits per heavy atom. The van der Waals surface area contributed by atoms with Crippen molar-refractivity contribution in [1.82, 2.24) is 4.90 Å². The Kier molecular flexibility index (Phi) is 4.88. The van der Waals surface area contributed by atoms with Gasteiger partial charge in [0.05, 0.1) is 17.0 Å². The van der Waals surface area contributed by atoms with Crippen molar-refractivity contribution in [3.05, 3.63) is 65.2 Å². The molecule has 3 amide bonds. The van der Waals surface area contributed by atoms with Gasteiger partial charge in [-0.1, -0.05) is 37.3 Å². The number of rotatable bonds is 5. The van der Waals surface area contributed by atoms with E-state index in [0.717, 1.165) is 22.6 Å². The summed E-state index contributed by atoms with van der Waals surface area (Å²) in [7, 11) is 0. The molecule has 2 aliphatic rings. The van der Waals surface area contributed by atoms with Gasteiger partial charge in [-0.15, -0.1) is 0 Å². The number of hydrogen-bond donors (Lipinski definition) is 0. The van der Waals surface area contributed by atoms with Crippen molar-refractivity contribution >= 4 is 29.4 Å². The van der Waals surface area contributed by atoms with E-state index in [1.807, 2.05) is 31.2 Å². The molecule has 7 heteroatoms. The molecule has 7 nitrogen and oxygen atoms in total. The van der Waals surface area contributed by atoms with Crippen LogP contribution < -0.4 is 4.90 Å². The number of esters is 1. The Morgan fingerprint density at radius 3 is 2.28 bits per heavy atom. The van der Waals surface area contributed by atoms with E-state index in [0.29, 0.717) is 11.1 Å². The summed E-state index contributed by atoms with van der Waals surface area (Å²) in [4.78, 5) is 52.2. The lowest BCUT2D eigenvalue weighted by Crippen LogP contribution is -2.35. The summed E-state index contributed by atoms with van der Waals surface area (Å²) in [5.74, 6) is -2.35. The van der Waals surface area contributed by atoms with Gasteiger partial charge in [0.2, 0.25) is 5.91 Å². The van der Waals surface area contributed by atoms with Crippen molar-refractivity contribution in [2.45, 2.75) is 19.8 Å². The van der Waals surface area contributed by atoms with Crippen LogP contribution in [0, 0.1) is 5.92 Å². The van der Waals surface area contributed by atoms with Gasteiger partial charge < -0.3 is 9.64 Å². The zero-order valence-electron chi connectivity index (χ0n) is 16.0. The number of amides is 3. The van der Waals surface area contributed by atoms with Crippen LogP contribution in [-0.4, -0.2) is 41.9 Å². The van der Waals surface area contributed by atoms with Crippen LogP contribution in [0.25, 0.3) is 0 Å². The lowest BCUT2D eigenvalue weighted by Gasteiger charge is -2.20. The summed E-state index contributed by atoms with van der Waals surface area (Å²) in [6, 6.07) is 14.1. The topological polar surface area (TPSA) is 84.0 Å². The number of ether oxygens (including phenoxy) is 1. The number of carbonyl (C=O) groups is 4. The Bertz CT molecular complexity index is 981. The van der Waals surface area contributed by atoms with Gasteiger partial charge in [-0.2, -0.15) is 0 Å². The molecule has 148 valence electrons. The van der Waals surface area contributed by atoms with Gasteiger partial charge >= 0.3 is 5.97 Å². The van der Waals surface area contributed by atoms with Crippen molar-refractivity contribution in [2.24, 2.45) is 5.92 Å². The van der Waals surface area contributed by atoms with Gasteiger partial charge in [0.25, 0.3) is 11.8 Å². The highest BCUT2D eigenvalue weighted by Gasteiger charge is 2.39. The first-order valence-corrected chi connectivity index (χ1v) is 9.51. The van der Waals surface area contributed by atoms with E-state index >= 15 is 0 Å². The lowest BCUT2D eigenvalue weighted by molar-refractivity contribution is -0.151. The third kappa shape index (κ3) is 3.29. The molecular weight excluding hydrogens is 372 g/mol. The smallest absolute Gasteiger partial charge is 0.313 e. The molecule has 2 aliphatic heterocycles. The quantitative estimate of drug-likeness (QED) is 0.576. The molecular formula is C22H20N2O5. The largest absolute Gasteiger partial charge is 0.443 e. The average molecular weight is 392 g/mol. The van der Waals surface area contributed by atoms with Crippen LogP contribution in [-0.2, 0) is 20.7 Å².